The van der Waals surface area contributed by atoms with Crippen LogP contribution in [0.3, 0.4) is 0 Å². The molecule has 0 unspecified atom stereocenters. The number of ether oxygens (including phenoxy) is 1. The SMILES string of the molecule is COc1cccc(C(=O)N/C(C)=C\C#N)c1. The third kappa shape index (κ3) is 3.14. The average Bonchev–Trinajstić information content (AvgIpc) is 2.29. The van der Waals surface area contributed by atoms with E-state index >= 15 is 0 Å². The molecule has 0 radical (unpaired) electrons. The van der Waals surface area contributed by atoms with Gasteiger partial charge in [-0.1, -0.05) is 6.07 Å². The van der Waals surface area contributed by atoms with Gasteiger partial charge in [0.15, 0.2) is 0 Å². The lowest BCUT2D eigenvalue weighted by atomic mass is 10.2. The van der Waals surface area contributed by atoms with E-state index in [-0.39, 0.29) is 5.91 Å². The highest BCUT2D eigenvalue weighted by Gasteiger charge is 2.06. The predicted octanol–water partition coefficient (Wildman–Crippen LogP) is 1.85. The molecule has 0 aliphatic carbocycles. The number of nitriles is 1. The first kappa shape index (κ1) is 11.8. The van der Waals surface area contributed by atoms with Crippen LogP contribution in [-0.4, -0.2) is 13.0 Å². The summed E-state index contributed by atoms with van der Waals surface area (Å²) in [5, 5.41) is 11.0. The van der Waals surface area contributed by atoms with Crippen molar-refractivity contribution >= 4 is 5.91 Å². The molecule has 16 heavy (non-hydrogen) atoms. The summed E-state index contributed by atoms with van der Waals surface area (Å²) in [5.74, 6) is 0.359. The number of carbonyl (C=O) groups excluding carboxylic acids is 1. The highest BCUT2D eigenvalue weighted by Crippen LogP contribution is 2.12. The van der Waals surface area contributed by atoms with Crippen LogP contribution in [0.4, 0.5) is 0 Å². The van der Waals surface area contributed by atoms with Crippen LogP contribution < -0.4 is 10.1 Å². The molecule has 0 atom stereocenters. The van der Waals surface area contributed by atoms with Crippen molar-refractivity contribution in [3.8, 4) is 11.8 Å². The maximum atomic E-state index is 11.7. The van der Waals surface area contributed by atoms with E-state index in [0.717, 1.165) is 0 Å². The Kier molecular flexibility index (Phi) is 4.10. The van der Waals surface area contributed by atoms with E-state index in [9.17, 15) is 4.79 Å². The van der Waals surface area contributed by atoms with Crippen molar-refractivity contribution in [1.29, 1.82) is 5.26 Å². The first-order valence-corrected chi connectivity index (χ1v) is 4.69. The Morgan fingerprint density at radius 3 is 2.94 bits per heavy atom. The van der Waals surface area contributed by atoms with E-state index in [2.05, 4.69) is 5.32 Å². The average molecular weight is 216 g/mol. The van der Waals surface area contributed by atoms with E-state index in [1.165, 1.54) is 13.2 Å². The quantitative estimate of drug-likeness (QED) is 0.784. The van der Waals surface area contributed by atoms with Gasteiger partial charge in [0.2, 0.25) is 0 Å². The van der Waals surface area contributed by atoms with E-state index < -0.39 is 0 Å². The molecule has 1 aromatic rings. The van der Waals surface area contributed by atoms with Crippen LogP contribution >= 0.6 is 0 Å². The molecule has 1 N–H and O–H groups in total. The summed E-state index contributed by atoms with van der Waals surface area (Å²) in [6.45, 7) is 1.65. The van der Waals surface area contributed by atoms with E-state index in [0.29, 0.717) is 17.0 Å². The molecule has 0 bridgehead atoms. The molecule has 0 aromatic heterocycles. The fourth-order valence-corrected chi connectivity index (χ4v) is 1.15. The Morgan fingerprint density at radius 2 is 2.31 bits per heavy atom. The van der Waals surface area contributed by atoms with Gasteiger partial charge in [0.05, 0.1) is 13.2 Å². The Morgan fingerprint density at radius 1 is 1.56 bits per heavy atom. The number of nitrogens with one attached hydrogen (secondary N) is 1. The van der Waals surface area contributed by atoms with Crippen molar-refractivity contribution in [2.45, 2.75) is 6.92 Å². The highest BCUT2D eigenvalue weighted by molar-refractivity contribution is 5.95. The smallest absolute Gasteiger partial charge is 0.255 e. The number of amides is 1. The van der Waals surface area contributed by atoms with Gasteiger partial charge in [-0.15, -0.1) is 0 Å². The maximum absolute atomic E-state index is 11.7. The minimum atomic E-state index is -0.261. The molecule has 0 aliphatic rings. The maximum Gasteiger partial charge on any atom is 0.255 e. The first-order valence-electron chi connectivity index (χ1n) is 4.69. The van der Waals surface area contributed by atoms with Gasteiger partial charge in [-0.3, -0.25) is 4.79 Å². The number of nitrogens with zero attached hydrogens (tertiary/aromatic N) is 1. The lowest BCUT2D eigenvalue weighted by Crippen LogP contribution is -2.21. The van der Waals surface area contributed by atoms with Crippen LogP contribution in [0.5, 0.6) is 5.75 Å². The van der Waals surface area contributed by atoms with Crippen molar-refractivity contribution in [3.05, 3.63) is 41.6 Å². The molecule has 1 aromatic carbocycles. The van der Waals surface area contributed by atoms with E-state index in [1.807, 2.05) is 6.07 Å². The van der Waals surface area contributed by atoms with Crippen LogP contribution in [0.1, 0.15) is 17.3 Å². The van der Waals surface area contributed by atoms with Gasteiger partial charge in [-0.2, -0.15) is 5.26 Å². The Balaban J connectivity index is 2.81. The zero-order chi connectivity index (χ0) is 12.0. The summed E-state index contributed by atoms with van der Waals surface area (Å²) < 4.78 is 5.01. The van der Waals surface area contributed by atoms with Gasteiger partial charge in [-0.05, 0) is 25.1 Å². The first-order chi connectivity index (χ1) is 7.67. The number of hydrogen-bond donors (Lipinski definition) is 1. The van der Waals surface area contributed by atoms with Gasteiger partial charge in [0.25, 0.3) is 5.91 Å². The summed E-state index contributed by atoms with van der Waals surface area (Å²) in [4.78, 5) is 11.7. The number of allylic oxidation sites excluding steroid dienone is 2. The Bertz CT molecular complexity index is 458. The molecule has 0 saturated heterocycles. The Hall–Kier alpha value is -2.28. The fraction of sp³-hybridized carbons (Fsp3) is 0.167. The summed E-state index contributed by atoms with van der Waals surface area (Å²) in [6, 6.07) is 8.65. The number of hydrogen-bond acceptors (Lipinski definition) is 3. The zero-order valence-electron chi connectivity index (χ0n) is 9.15. The second-order valence-electron chi connectivity index (χ2n) is 3.14. The largest absolute Gasteiger partial charge is 0.497 e. The topological polar surface area (TPSA) is 62.1 Å². The second kappa shape index (κ2) is 5.56. The molecule has 0 aliphatic heterocycles. The van der Waals surface area contributed by atoms with Crippen LogP contribution in [0.25, 0.3) is 0 Å². The molecule has 0 heterocycles. The van der Waals surface area contributed by atoms with Gasteiger partial charge in [-0.25, -0.2) is 0 Å². The molecule has 0 spiro atoms. The van der Waals surface area contributed by atoms with Gasteiger partial charge in [0, 0.05) is 17.3 Å². The van der Waals surface area contributed by atoms with E-state index in [4.69, 9.17) is 10.00 Å². The molecule has 4 nitrogen and oxygen atoms in total. The van der Waals surface area contributed by atoms with Crippen molar-refractivity contribution in [3.63, 3.8) is 0 Å². The molecule has 1 rings (SSSR count). The lowest BCUT2D eigenvalue weighted by Gasteiger charge is -2.05. The van der Waals surface area contributed by atoms with Gasteiger partial charge < -0.3 is 10.1 Å². The molecule has 82 valence electrons. The molecular weight excluding hydrogens is 204 g/mol. The van der Waals surface area contributed by atoms with Crippen molar-refractivity contribution in [2.75, 3.05) is 7.11 Å². The van der Waals surface area contributed by atoms with Crippen LogP contribution in [0.2, 0.25) is 0 Å². The monoisotopic (exact) mass is 216 g/mol. The number of carbonyl (C=O) groups is 1. The summed E-state index contributed by atoms with van der Waals surface area (Å²) >= 11 is 0. The number of benzene rings is 1. The lowest BCUT2D eigenvalue weighted by molar-refractivity contribution is 0.0965. The van der Waals surface area contributed by atoms with Gasteiger partial charge in [0.1, 0.15) is 5.75 Å². The van der Waals surface area contributed by atoms with Gasteiger partial charge >= 0.3 is 0 Å². The predicted molar refractivity (Wildman–Crippen MR) is 59.8 cm³/mol. The molecule has 0 fully saturated rings. The van der Waals surface area contributed by atoms with Crippen LogP contribution in [0.15, 0.2) is 36.0 Å². The summed E-state index contributed by atoms with van der Waals surface area (Å²) in [6.07, 6.45) is 1.28. The van der Waals surface area contributed by atoms with Crippen molar-refractivity contribution in [2.24, 2.45) is 0 Å². The fourth-order valence-electron chi connectivity index (χ4n) is 1.15. The number of methoxy groups -OCH3 is 1. The van der Waals surface area contributed by atoms with Crippen molar-refractivity contribution < 1.29 is 9.53 Å². The highest BCUT2D eigenvalue weighted by atomic mass is 16.5. The van der Waals surface area contributed by atoms with Crippen LogP contribution in [0, 0.1) is 11.3 Å². The third-order valence-corrected chi connectivity index (χ3v) is 1.92. The zero-order valence-corrected chi connectivity index (χ0v) is 9.15. The Labute approximate surface area is 94.1 Å². The van der Waals surface area contributed by atoms with Crippen molar-refractivity contribution in [1.82, 2.24) is 5.32 Å². The number of rotatable bonds is 3. The molecule has 0 saturated carbocycles. The minimum Gasteiger partial charge on any atom is -0.497 e. The normalized spacial score (nSPS) is 10.4. The standard InChI is InChI=1S/C12H12N2O2/c1-9(6-7-13)14-12(15)10-4-3-5-11(8-10)16-2/h3-6,8H,1-2H3,(H,14,15)/b9-6-. The van der Waals surface area contributed by atoms with Crippen LogP contribution in [-0.2, 0) is 0 Å². The molecule has 1 amide bonds. The molecule has 4 heteroatoms. The molecular formula is C12H12N2O2. The van der Waals surface area contributed by atoms with E-state index in [1.54, 1.807) is 31.2 Å². The summed E-state index contributed by atoms with van der Waals surface area (Å²) in [5.41, 5.74) is 1.00. The third-order valence-electron chi connectivity index (χ3n) is 1.92. The summed E-state index contributed by atoms with van der Waals surface area (Å²) in [7, 11) is 1.54. The second-order valence-corrected chi connectivity index (χ2v) is 3.14. The minimum absolute atomic E-state index is 0.261.